The second-order valence-electron chi connectivity index (χ2n) is 10.6. The molecule has 1 saturated heterocycles. The van der Waals surface area contributed by atoms with Crippen molar-refractivity contribution in [3.05, 3.63) is 83.2 Å². The number of nitrogens with two attached hydrogens (primary N) is 2. The average Bonchev–Trinajstić information content (AvgIpc) is 2.95. The Hall–Kier alpha value is -4.22. The number of carboxylic acid groups (broad SMARTS) is 1. The van der Waals surface area contributed by atoms with E-state index >= 15 is 0 Å². The molecule has 1 aliphatic rings. The quantitative estimate of drug-likeness (QED) is 0.192. The van der Waals surface area contributed by atoms with Crippen molar-refractivity contribution in [1.29, 1.82) is 0 Å². The smallest absolute Gasteiger partial charge is 0.338 e. The van der Waals surface area contributed by atoms with Gasteiger partial charge in [-0.05, 0) is 53.8 Å². The van der Waals surface area contributed by atoms with Crippen molar-refractivity contribution in [2.24, 2.45) is 17.4 Å². The van der Waals surface area contributed by atoms with Gasteiger partial charge in [-0.1, -0.05) is 38.1 Å². The molecule has 0 aliphatic carbocycles. The highest BCUT2D eigenvalue weighted by molar-refractivity contribution is 7.99. The van der Waals surface area contributed by atoms with Gasteiger partial charge < -0.3 is 21.7 Å². The van der Waals surface area contributed by atoms with Crippen molar-refractivity contribution >= 4 is 41.0 Å². The van der Waals surface area contributed by atoms with Crippen LogP contribution in [0.3, 0.4) is 0 Å². The lowest BCUT2D eigenvalue weighted by Gasteiger charge is -2.48. The number of Topliss-reactive ketones (excluding diaryl/α,β-unsaturated/α-hetero) is 1. The maximum atomic E-state index is 14.2. The molecule has 11 heteroatoms. The number of piperidine rings is 1. The van der Waals surface area contributed by atoms with Crippen LogP contribution in [0.1, 0.15) is 59.8 Å². The summed E-state index contributed by atoms with van der Waals surface area (Å²) in [6, 6.07) is 15.4. The van der Waals surface area contributed by atoms with E-state index < -0.39 is 35.0 Å². The number of anilines is 1. The van der Waals surface area contributed by atoms with Crippen LogP contribution in [0.2, 0.25) is 0 Å². The van der Waals surface area contributed by atoms with Gasteiger partial charge >= 0.3 is 5.97 Å². The fraction of sp³-hybridized carbons (Fsp3) is 0.323. The Labute approximate surface area is 248 Å². The van der Waals surface area contributed by atoms with Crippen LogP contribution in [0.5, 0.6) is 5.75 Å². The molecular weight excluding hydrogens is 556 g/mol. The van der Waals surface area contributed by atoms with Gasteiger partial charge in [0.25, 0.3) is 5.91 Å². The molecule has 220 valence electrons. The first-order valence-electron chi connectivity index (χ1n) is 13.6. The second kappa shape index (κ2) is 12.7. The summed E-state index contributed by atoms with van der Waals surface area (Å²) in [6.07, 6.45) is 1.23. The first kappa shape index (κ1) is 30.7. The standard InChI is InChI=1S/C31H34N4O6S/c1-18(2)14-19-15-20(36)8-9-22(19)24(17-42-21-6-4-3-5-7-21)31(30(40)41)26(37)10-11-27(38)35(31)25-12-13-34-28(29(33)39)23(25)16-32/h3-9,12-13,15,18,24,36H,10-11,14,16-17,32H2,1-2H3,(H2,33,39)(H,40,41)/t24?,31-/m1/s1. The third-order valence-electron chi connectivity index (χ3n) is 7.42. The van der Waals surface area contributed by atoms with E-state index in [-0.39, 0.29) is 53.8 Å². The number of rotatable bonds is 11. The van der Waals surface area contributed by atoms with Crippen LogP contribution in [0, 0.1) is 5.92 Å². The monoisotopic (exact) mass is 590 g/mol. The van der Waals surface area contributed by atoms with Crippen LogP contribution < -0.4 is 16.4 Å². The number of ketones is 1. The number of hydrogen-bond acceptors (Lipinski definition) is 8. The zero-order valence-electron chi connectivity index (χ0n) is 23.4. The minimum absolute atomic E-state index is 0.000601. The highest BCUT2D eigenvalue weighted by atomic mass is 32.2. The molecule has 2 aromatic carbocycles. The van der Waals surface area contributed by atoms with E-state index in [0.717, 1.165) is 9.80 Å². The number of primary amides is 1. The fourth-order valence-electron chi connectivity index (χ4n) is 5.67. The van der Waals surface area contributed by atoms with Gasteiger partial charge in [0, 0.05) is 47.7 Å². The molecule has 0 spiro atoms. The number of carbonyl (C=O) groups excluding carboxylic acids is 3. The van der Waals surface area contributed by atoms with Gasteiger partial charge in [-0.3, -0.25) is 24.3 Å². The Morgan fingerprint density at radius 1 is 1.10 bits per heavy atom. The van der Waals surface area contributed by atoms with Gasteiger partial charge in [0.2, 0.25) is 11.4 Å². The number of benzene rings is 2. The van der Waals surface area contributed by atoms with E-state index in [1.54, 1.807) is 12.1 Å². The third kappa shape index (κ3) is 5.75. The van der Waals surface area contributed by atoms with Crippen molar-refractivity contribution in [2.75, 3.05) is 10.7 Å². The van der Waals surface area contributed by atoms with Gasteiger partial charge in [-0.2, -0.15) is 0 Å². The summed E-state index contributed by atoms with van der Waals surface area (Å²) in [5, 5.41) is 21.5. The van der Waals surface area contributed by atoms with Crippen molar-refractivity contribution in [2.45, 2.75) is 56.0 Å². The number of pyridine rings is 1. The summed E-state index contributed by atoms with van der Waals surface area (Å²) in [5.74, 6) is -4.50. The van der Waals surface area contributed by atoms with Gasteiger partial charge in [0.05, 0.1) is 5.69 Å². The summed E-state index contributed by atoms with van der Waals surface area (Å²) >= 11 is 1.36. The van der Waals surface area contributed by atoms with E-state index in [1.807, 2.05) is 44.2 Å². The summed E-state index contributed by atoms with van der Waals surface area (Å²) in [4.78, 5) is 59.7. The number of phenols is 1. The Morgan fingerprint density at radius 2 is 1.81 bits per heavy atom. The van der Waals surface area contributed by atoms with Crippen molar-refractivity contribution in [3.8, 4) is 5.75 Å². The molecule has 1 unspecified atom stereocenters. The molecule has 4 rings (SSSR count). The zero-order valence-corrected chi connectivity index (χ0v) is 24.3. The van der Waals surface area contributed by atoms with E-state index in [9.17, 15) is 29.4 Å². The second-order valence-corrected chi connectivity index (χ2v) is 11.7. The number of nitrogens with zero attached hydrogens (tertiary/aromatic N) is 2. The number of thioether (sulfide) groups is 1. The predicted octanol–water partition coefficient (Wildman–Crippen LogP) is 3.64. The summed E-state index contributed by atoms with van der Waals surface area (Å²) < 4.78 is 0. The summed E-state index contributed by atoms with van der Waals surface area (Å²) in [6.45, 7) is 3.70. The first-order valence-corrected chi connectivity index (χ1v) is 14.6. The maximum Gasteiger partial charge on any atom is 0.338 e. The molecule has 6 N–H and O–H groups in total. The predicted molar refractivity (Wildman–Crippen MR) is 159 cm³/mol. The highest BCUT2D eigenvalue weighted by Crippen LogP contribution is 2.47. The molecule has 0 radical (unpaired) electrons. The van der Waals surface area contributed by atoms with Crippen molar-refractivity contribution < 1.29 is 29.4 Å². The van der Waals surface area contributed by atoms with Gasteiger partial charge in [0.1, 0.15) is 11.4 Å². The number of aromatic nitrogens is 1. The van der Waals surface area contributed by atoms with Gasteiger partial charge in [-0.25, -0.2) is 4.79 Å². The molecule has 2 atom stereocenters. The number of phenolic OH excluding ortho intramolecular Hbond substituents is 1. The molecule has 1 aromatic heterocycles. The maximum absolute atomic E-state index is 14.2. The highest BCUT2D eigenvalue weighted by Gasteiger charge is 2.61. The molecule has 0 bridgehead atoms. The Bertz CT molecular complexity index is 1510. The number of carbonyl (C=O) groups is 4. The molecule has 2 amide bonds. The van der Waals surface area contributed by atoms with Crippen LogP contribution in [0.25, 0.3) is 0 Å². The molecule has 42 heavy (non-hydrogen) atoms. The van der Waals surface area contributed by atoms with Crippen LogP contribution >= 0.6 is 11.8 Å². The lowest BCUT2D eigenvalue weighted by molar-refractivity contribution is -0.153. The molecule has 0 saturated carbocycles. The minimum atomic E-state index is -2.40. The number of amides is 2. The molecule has 3 aromatic rings. The Kier molecular flexibility index (Phi) is 9.33. The lowest BCUT2D eigenvalue weighted by atomic mass is 9.70. The molecule has 2 heterocycles. The van der Waals surface area contributed by atoms with E-state index in [0.29, 0.717) is 17.5 Å². The lowest BCUT2D eigenvalue weighted by Crippen LogP contribution is -2.69. The largest absolute Gasteiger partial charge is 0.508 e. The Balaban J connectivity index is 2.05. The number of aromatic hydroxyl groups is 1. The van der Waals surface area contributed by atoms with E-state index in [4.69, 9.17) is 11.5 Å². The molecular formula is C31H34N4O6S. The van der Waals surface area contributed by atoms with Gasteiger partial charge in [0.15, 0.2) is 5.78 Å². The topological polar surface area (TPSA) is 177 Å². The van der Waals surface area contributed by atoms with Crippen LogP contribution in [0.4, 0.5) is 5.69 Å². The van der Waals surface area contributed by atoms with E-state index in [1.165, 1.54) is 30.1 Å². The van der Waals surface area contributed by atoms with Crippen LogP contribution in [-0.4, -0.2) is 50.1 Å². The molecule has 1 aliphatic heterocycles. The number of carboxylic acids is 1. The normalized spacial score (nSPS) is 17.9. The zero-order chi connectivity index (χ0) is 30.6. The fourth-order valence-corrected chi connectivity index (χ4v) is 6.80. The van der Waals surface area contributed by atoms with Crippen molar-refractivity contribution in [1.82, 2.24) is 4.98 Å². The average molecular weight is 591 g/mol. The van der Waals surface area contributed by atoms with Crippen molar-refractivity contribution in [3.63, 3.8) is 0 Å². The third-order valence-corrected chi connectivity index (χ3v) is 8.53. The Morgan fingerprint density at radius 3 is 2.43 bits per heavy atom. The minimum Gasteiger partial charge on any atom is -0.508 e. The van der Waals surface area contributed by atoms with Gasteiger partial charge in [-0.15, -0.1) is 11.8 Å². The van der Waals surface area contributed by atoms with E-state index in [2.05, 4.69) is 4.98 Å². The molecule has 1 fully saturated rings. The molecule has 10 nitrogen and oxygen atoms in total. The summed E-state index contributed by atoms with van der Waals surface area (Å²) in [5.41, 5.74) is 10.2. The number of aliphatic carboxylic acids is 1. The first-order chi connectivity index (χ1) is 20.0. The number of hydrogen-bond donors (Lipinski definition) is 4. The SMILES string of the molecule is CC(C)Cc1cc(O)ccc1C(CSc1ccccc1)[C@]1(C(=O)O)C(=O)CCC(=O)N1c1ccnc(C(N)=O)c1CN. The van der Waals surface area contributed by atoms with Crippen LogP contribution in [-0.2, 0) is 27.3 Å². The van der Waals surface area contributed by atoms with Crippen LogP contribution in [0.15, 0.2) is 65.7 Å². The summed E-state index contributed by atoms with van der Waals surface area (Å²) in [7, 11) is 0.